The van der Waals surface area contributed by atoms with E-state index in [9.17, 15) is 13.2 Å². The summed E-state index contributed by atoms with van der Waals surface area (Å²) < 4.78 is 38.3. The summed E-state index contributed by atoms with van der Waals surface area (Å²) in [5.74, 6) is 3.26. The van der Waals surface area contributed by atoms with Gasteiger partial charge in [0, 0.05) is 43.6 Å². The predicted molar refractivity (Wildman–Crippen MR) is 225 cm³/mol. The van der Waals surface area contributed by atoms with E-state index in [1.165, 1.54) is 56.9 Å². The topological polar surface area (TPSA) is 84.9 Å². The van der Waals surface area contributed by atoms with E-state index >= 15 is 0 Å². The van der Waals surface area contributed by atoms with Gasteiger partial charge in [0.05, 0.1) is 17.6 Å². The summed E-state index contributed by atoms with van der Waals surface area (Å²) in [6.45, 7) is 37.2. The average Bonchev–Trinajstić information content (AvgIpc) is 3.43. The second kappa shape index (κ2) is 14.2. The van der Waals surface area contributed by atoms with Gasteiger partial charge < -0.3 is 14.5 Å². The number of allylic oxidation sites excluding steroid dienone is 1. The highest BCUT2D eigenvalue weighted by molar-refractivity contribution is 7.91. The van der Waals surface area contributed by atoms with Crippen molar-refractivity contribution in [2.45, 2.75) is 182 Å². The van der Waals surface area contributed by atoms with E-state index in [4.69, 9.17) is 9.16 Å². The average molecular weight is 789 g/mol. The molecule has 6 aliphatic rings. The van der Waals surface area contributed by atoms with Gasteiger partial charge in [-0.2, -0.15) is 0 Å². The molecule has 0 spiro atoms. The summed E-state index contributed by atoms with van der Waals surface area (Å²) >= 11 is 0. The van der Waals surface area contributed by atoms with Crippen LogP contribution in [0.1, 0.15) is 140 Å². The number of esters is 1. The zero-order valence-electron chi connectivity index (χ0n) is 36.8. The monoisotopic (exact) mass is 789 g/mol. The first-order valence-corrected chi connectivity index (χ1v) is 26.7. The lowest BCUT2D eigenvalue weighted by atomic mass is 9.32. The number of sulfone groups is 1. The van der Waals surface area contributed by atoms with Crippen molar-refractivity contribution < 1.29 is 22.4 Å². The van der Waals surface area contributed by atoms with Crippen LogP contribution in [-0.2, 0) is 23.8 Å². The quantitative estimate of drug-likeness (QED) is 0.142. The van der Waals surface area contributed by atoms with Crippen LogP contribution in [0, 0.1) is 51.2 Å². The molecule has 0 unspecified atom stereocenters. The van der Waals surface area contributed by atoms with Crippen LogP contribution in [-0.4, -0.2) is 82.5 Å². The highest BCUT2D eigenvalue weighted by Gasteiger charge is 2.71. The lowest BCUT2D eigenvalue weighted by molar-refractivity contribution is -0.246. The predicted octanol–water partition coefficient (Wildman–Crippen LogP) is 9.43. The van der Waals surface area contributed by atoms with E-state index in [-0.39, 0.29) is 68.0 Å². The van der Waals surface area contributed by atoms with Crippen molar-refractivity contribution in [3.05, 3.63) is 12.2 Å². The van der Waals surface area contributed by atoms with Crippen molar-refractivity contribution in [1.29, 1.82) is 0 Å². The second-order valence-electron chi connectivity index (χ2n) is 22.5. The molecular formula is C45H80N2O5SSi. The van der Waals surface area contributed by atoms with Gasteiger partial charge in [-0.15, -0.1) is 0 Å². The summed E-state index contributed by atoms with van der Waals surface area (Å²) in [6, 6.07) is 0.121. The zero-order valence-corrected chi connectivity index (χ0v) is 38.6. The molecule has 0 bridgehead atoms. The summed E-state index contributed by atoms with van der Waals surface area (Å²) in [5.41, 5.74) is 2.13. The first kappa shape index (κ1) is 42.9. The van der Waals surface area contributed by atoms with Crippen molar-refractivity contribution in [3.8, 4) is 0 Å². The number of hydrogen-bond donors (Lipinski definition) is 1. The van der Waals surface area contributed by atoms with Crippen LogP contribution in [0.5, 0.6) is 0 Å². The van der Waals surface area contributed by atoms with Crippen LogP contribution in [0.15, 0.2) is 12.2 Å². The Balaban J connectivity index is 1.29. The Hall–Kier alpha value is -0.743. The SMILES string of the molecule is C=C(C)[C@@H]1CC[C@]2(NC[C@H]([C@@H](C)O[Si](C)(C)C(C)(C)C)N3CCS(=O)(=O)CC3)CC[C@]3(C)[C@H](CC[C@@H]4[C@@]5(C)CC[C@H](OC(C)=O)C(C)(C)[C@@H]5CC[C@]43C)[C@@H]12. The van der Waals surface area contributed by atoms with E-state index in [2.05, 4.69) is 99.1 Å². The second-order valence-corrected chi connectivity index (χ2v) is 29.6. The van der Waals surface area contributed by atoms with Gasteiger partial charge in [-0.25, -0.2) is 8.42 Å². The molecule has 310 valence electrons. The standard InChI is InChI=1S/C45H80N2O5SSi/c1-30(2)33-17-22-45(46-29-35(47-25-27-53(49,50)28-26-47)31(3)52-54(13,14)40(5,6)7)24-23-43(11)34(39(33)45)15-16-37-42(10)20-19-38(51-32(4)48)41(8,9)36(42)18-21-44(37,43)12/h31,33-39,46H,1,15-29H2,2-14H3/t31-,33+,34-,35-,36+,37-,38+,39-,42+,43-,44-,45+/m1/s1. The molecule has 6 rings (SSSR count). The van der Waals surface area contributed by atoms with Gasteiger partial charge >= 0.3 is 5.97 Å². The molecule has 0 amide bonds. The number of hydrogen-bond acceptors (Lipinski definition) is 7. The zero-order chi connectivity index (χ0) is 40.1. The third-order valence-corrected chi connectivity index (χ3v) is 24.8. The van der Waals surface area contributed by atoms with E-state index in [1.807, 2.05) is 0 Å². The Morgan fingerprint density at radius 3 is 2.13 bits per heavy atom. The number of carbonyl (C=O) groups excluding carboxylic acids is 1. The molecule has 5 aliphatic carbocycles. The van der Waals surface area contributed by atoms with Gasteiger partial charge in [-0.05, 0) is 142 Å². The van der Waals surface area contributed by atoms with Gasteiger partial charge in [0.2, 0.25) is 0 Å². The third kappa shape index (κ3) is 6.97. The number of fused-ring (bicyclic) bond motifs is 7. The minimum atomic E-state index is -2.99. The highest BCUT2D eigenvalue weighted by Crippen LogP contribution is 2.76. The van der Waals surface area contributed by atoms with Crippen LogP contribution in [0.3, 0.4) is 0 Å². The van der Waals surface area contributed by atoms with Gasteiger partial charge in [-0.1, -0.05) is 67.5 Å². The van der Waals surface area contributed by atoms with Crippen LogP contribution in [0.2, 0.25) is 18.1 Å². The van der Waals surface area contributed by atoms with E-state index in [0.717, 1.165) is 19.4 Å². The lowest BCUT2D eigenvalue weighted by Crippen LogP contribution is -2.69. The molecule has 54 heavy (non-hydrogen) atoms. The first-order valence-electron chi connectivity index (χ1n) is 21.9. The van der Waals surface area contributed by atoms with Crippen molar-refractivity contribution in [2.24, 2.45) is 51.2 Å². The maximum atomic E-state index is 12.6. The number of nitrogens with zero attached hydrogens (tertiary/aromatic N) is 1. The molecule has 0 radical (unpaired) electrons. The molecule has 1 saturated heterocycles. The molecule has 1 aliphatic heterocycles. The van der Waals surface area contributed by atoms with Gasteiger partial charge in [0.15, 0.2) is 18.2 Å². The smallest absolute Gasteiger partial charge is 0.302 e. The Labute approximate surface area is 332 Å². The number of carbonyl (C=O) groups is 1. The van der Waals surface area contributed by atoms with E-state index < -0.39 is 18.2 Å². The molecule has 5 saturated carbocycles. The molecule has 1 heterocycles. The largest absolute Gasteiger partial charge is 0.462 e. The minimum Gasteiger partial charge on any atom is -0.462 e. The molecule has 7 nitrogen and oxygen atoms in total. The summed E-state index contributed by atoms with van der Waals surface area (Å²) in [4.78, 5) is 14.6. The van der Waals surface area contributed by atoms with Crippen LogP contribution < -0.4 is 5.32 Å². The van der Waals surface area contributed by atoms with Crippen molar-refractivity contribution in [1.82, 2.24) is 10.2 Å². The minimum absolute atomic E-state index is 0.00621. The van der Waals surface area contributed by atoms with Crippen molar-refractivity contribution >= 4 is 24.1 Å². The molecule has 12 atom stereocenters. The maximum absolute atomic E-state index is 12.6. The summed E-state index contributed by atoms with van der Waals surface area (Å²) in [6.07, 6.45) is 12.0. The van der Waals surface area contributed by atoms with Gasteiger partial charge in [-0.3, -0.25) is 9.69 Å². The highest BCUT2D eigenvalue weighted by atomic mass is 32.2. The van der Waals surface area contributed by atoms with Crippen molar-refractivity contribution in [2.75, 3.05) is 31.1 Å². The normalized spacial score (nSPS) is 43.1. The summed E-state index contributed by atoms with van der Waals surface area (Å²) in [7, 11) is -5.04. The fourth-order valence-corrected chi connectivity index (χ4v) is 17.2. The van der Waals surface area contributed by atoms with Gasteiger partial charge in [0.1, 0.15) is 6.10 Å². The first-order chi connectivity index (χ1) is 24.7. The number of ether oxygens (including phenoxy) is 1. The summed E-state index contributed by atoms with van der Waals surface area (Å²) in [5, 5.41) is 4.49. The number of rotatable bonds is 9. The molecule has 9 heteroatoms. The van der Waals surface area contributed by atoms with Gasteiger partial charge in [0.25, 0.3) is 0 Å². The van der Waals surface area contributed by atoms with E-state index in [0.29, 0.717) is 42.7 Å². The van der Waals surface area contributed by atoms with Crippen LogP contribution in [0.4, 0.5) is 0 Å². The number of nitrogens with one attached hydrogen (secondary N) is 1. The fourth-order valence-electron chi connectivity index (χ4n) is 14.5. The molecule has 0 aromatic rings. The Bertz CT molecular complexity index is 1540. The Morgan fingerprint density at radius 1 is 0.889 bits per heavy atom. The van der Waals surface area contributed by atoms with Crippen LogP contribution >= 0.6 is 0 Å². The molecular weight excluding hydrogens is 709 g/mol. The molecule has 0 aromatic heterocycles. The Kier molecular flexibility index (Phi) is 11.3. The molecule has 1 N–H and O–H groups in total. The fraction of sp³-hybridized carbons (Fsp3) is 0.933. The maximum Gasteiger partial charge on any atom is 0.302 e. The molecule has 0 aromatic carbocycles. The Morgan fingerprint density at radius 2 is 1.54 bits per heavy atom. The van der Waals surface area contributed by atoms with E-state index in [1.54, 1.807) is 6.92 Å². The van der Waals surface area contributed by atoms with Crippen molar-refractivity contribution in [3.63, 3.8) is 0 Å². The van der Waals surface area contributed by atoms with Crippen LogP contribution in [0.25, 0.3) is 0 Å². The third-order valence-electron chi connectivity index (χ3n) is 18.7. The molecule has 6 fully saturated rings. The lowest BCUT2D eigenvalue weighted by Gasteiger charge is -2.73.